The minimum absolute atomic E-state index is 0.275. The molecule has 0 unspecified atom stereocenters. The van der Waals surface area contributed by atoms with Crippen LogP contribution in [0.15, 0.2) is 48.8 Å². The van der Waals surface area contributed by atoms with E-state index >= 15 is 0 Å². The summed E-state index contributed by atoms with van der Waals surface area (Å²) in [7, 11) is 0. The number of hydrogen-bond acceptors (Lipinski definition) is 6. The van der Waals surface area contributed by atoms with Crippen molar-refractivity contribution in [3.63, 3.8) is 0 Å². The van der Waals surface area contributed by atoms with Gasteiger partial charge in [-0.3, -0.25) is 0 Å². The molecule has 0 bridgehead atoms. The van der Waals surface area contributed by atoms with Crippen LogP contribution in [-0.2, 0) is 0 Å². The third-order valence-electron chi connectivity index (χ3n) is 3.72. The first-order valence-corrected chi connectivity index (χ1v) is 8.28. The first-order valence-electron chi connectivity index (χ1n) is 8.28. The zero-order valence-corrected chi connectivity index (χ0v) is 15.1. The Morgan fingerprint density at radius 3 is 1.93 bits per heavy atom. The molecule has 0 radical (unpaired) electrons. The van der Waals surface area contributed by atoms with Crippen LogP contribution < -0.4 is 21.1 Å². The Bertz CT molecular complexity index is 954. The van der Waals surface area contributed by atoms with E-state index < -0.39 is 6.36 Å². The maximum absolute atomic E-state index is 12.2. The van der Waals surface area contributed by atoms with Crippen molar-refractivity contribution < 1.29 is 17.9 Å². The van der Waals surface area contributed by atoms with Gasteiger partial charge in [0.05, 0.1) is 0 Å². The second-order valence-electron chi connectivity index (χ2n) is 6.18. The molecule has 4 N–H and O–H groups in total. The molecule has 0 aliphatic heterocycles. The van der Waals surface area contributed by atoms with Crippen molar-refractivity contribution in [2.24, 2.45) is 0 Å². The highest BCUT2D eigenvalue weighted by Gasteiger charge is 2.30. The predicted molar refractivity (Wildman–Crippen MR) is 102 cm³/mol. The lowest BCUT2D eigenvalue weighted by Gasteiger charge is -2.14. The van der Waals surface area contributed by atoms with Crippen LogP contribution in [0.25, 0.3) is 0 Å². The maximum atomic E-state index is 12.2. The van der Waals surface area contributed by atoms with Gasteiger partial charge in [0.1, 0.15) is 17.8 Å². The van der Waals surface area contributed by atoms with Crippen molar-refractivity contribution in [2.45, 2.75) is 20.2 Å². The predicted octanol–water partition coefficient (Wildman–Crippen LogP) is 5.06. The number of aryl methyl sites for hydroxylation is 2. The lowest BCUT2D eigenvalue weighted by Crippen LogP contribution is -2.17. The average Bonchev–Trinajstić information content (AvgIpc) is 2.58. The normalized spacial score (nSPS) is 11.2. The second kappa shape index (κ2) is 7.63. The Morgan fingerprint density at radius 2 is 1.39 bits per heavy atom. The van der Waals surface area contributed by atoms with E-state index in [2.05, 4.69) is 25.3 Å². The first-order chi connectivity index (χ1) is 13.2. The molecule has 2 aromatic carbocycles. The highest BCUT2D eigenvalue weighted by atomic mass is 19.4. The lowest BCUT2D eigenvalue weighted by molar-refractivity contribution is -0.274. The van der Waals surface area contributed by atoms with Crippen molar-refractivity contribution in [2.75, 3.05) is 16.4 Å². The molecule has 0 amide bonds. The van der Waals surface area contributed by atoms with Crippen LogP contribution in [0.4, 0.5) is 41.9 Å². The van der Waals surface area contributed by atoms with Crippen molar-refractivity contribution in [1.29, 1.82) is 0 Å². The molecule has 0 saturated heterocycles. The molecule has 0 atom stereocenters. The molecule has 3 rings (SSSR count). The SMILES string of the molecule is Cc1cc(C)cc(Nc2ncnc(Nc3ccc(OC(F)(F)F)cc3)c2N)c1. The van der Waals surface area contributed by atoms with Crippen molar-refractivity contribution in [3.8, 4) is 5.75 Å². The number of alkyl halides is 3. The number of hydrogen-bond donors (Lipinski definition) is 3. The molecule has 9 heteroatoms. The molecule has 1 heterocycles. The summed E-state index contributed by atoms with van der Waals surface area (Å²) in [5.74, 6) is 0.428. The van der Waals surface area contributed by atoms with Crippen LogP contribution in [0.1, 0.15) is 11.1 Å². The van der Waals surface area contributed by atoms with Gasteiger partial charge in [-0.05, 0) is 61.4 Å². The minimum atomic E-state index is -4.74. The van der Waals surface area contributed by atoms with Crippen LogP contribution >= 0.6 is 0 Å². The summed E-state index contributed by atoms with van der Waals surface area (Å²) in [5, 5.41) is 6.11. The van der Waals surface area contributed by atoms with Gasteiger partial charge < -0.3 is 21.1 Å². The van der Waals surface area contributed by atoms with Gasteiger partial charge in [0.2, 0.25) is 0 Å². The van der Waals surface area contributed by atoms with Gasteiger partial charge in [0, 0.05) is 11.4 Å². The summed E-state index contributed by atoms with van der Waals surface area (Å²) in [5.41, 5.74) is 9.94. The topological polar surface area (TPSA) is 85.1 Å². The first kappa shape index (κ1) is 19.3. The number of nitrogens with two attached hydrogens (primary N) is 1. The molecule has 0 aliphatic carbocycles. The van der Waals surface area contributed by atoms with E-state index in [1.807, 2.05) is 32.0 Å². The van der Waals surface area contributed by atoms with E-state index in [1.54, 1.807) is 0 Å². The Kier molecular flexibility index (Phi) is 5.25. The minimum Gasteiger partial charge on any atom is -0.406 e. The van der Waals surface area contributed by atoms with Gasteiger partial charge in [-0.2, -0.15) is 0 Å². The van der Waals surface area contributed by atoms with E-state index in [0.29, 0.717) is 17.3 Å². The van der Waals surface area contributed by atoms with Crippen LogP contribution in [0.3, 0.4) is 0 Å². The Labute approximate surface area is 159 Å². The molecule has 0 aliphatic rings. The van der Waals surface area contributed by atoms with Gasteiger partial charge >= 0.3 is 6.36 Å². The van der Waals surface area contributed by atoms with Crippen molar-refractivity contribution in [1.82, 2.24) is 9.97 Å². The highest BCUT2D eigenvalue weighted by molar-refractivity contribution is 5.80. The Hall–Kier alpha value is -3.49. The molecule has 28 heavy (non-hydrogen) atoms. The lowest BCUT2D eigenvalue weighted by atomic mass is 10.1. The molecule has 6 nitrogen and oxygen atoms in total. The Balaban J connectivity index is 1.77. The van der Waals surface area contributed by atoms with E-state index in [0.717, 1.165) is 16.8 Å². The second-order valence-corrected chi connectivity index (χ2v) is 6.18. The molecule has 0 saturated carbocycles. The number of halogens is 3. The fraction of sp³-hybridized carbons (Fsp3) is 0.158. The van der Waals surface area contributed by atoms with Gasteiger partial charge in [0.25, 0.3) is 0 Å². The van der Waals surface area contributed by atoms with E-state index in [1.165, 1.54) is 30.6 Å². The molecular formula is C19H18F3N5O. The number of nitrogen functional groups attached to an aromatic ring is 1. The molecule has 0 spiro atoms. The number of benzene rings is 2. The molecule has 146 valence electrons. The average molecular weight is 389 g/mol. The molecule has 1 aromatic heterocycles. The largest absolute Gasteiger partial charge is 0.573 e. The maximum Gasteiger partial charge on any atom is 0.573 e. The van der Waals surface area contributed by atoms with Crippen LogP contribution in [0.2, 0.25) is 0 Å². The number of aromatic nitrogens is 2. The number of nitrogens with one attached hydrogen (secondary N) is 2. The highest BCUT2D eigenvalue weighted by Crippen LogP contribution is 2.30. The monoisotopic (exact) mass is 389 g/mol. The summed E-state index contributed by atoms with van der Waals surface area (Å²) in [6.45, 7) is 3.97. The fourth-order valence-electron chi connectivity index (χ4n) is 2.66. The van der Waals surface area contributed by atoms with E-state index in [9.17, 15) is 13.2 Å². The molecule has 0 fully saturated rings. The van der Waals surface area contributed by atoms with Gasteiger partial charge in [-0.25, -0.2) is 9.97 Å². The summed E-state index contributed by atoms with van der Waals surface area (Å²) < 4.78 is 40.6. The summed E-state index contributed by atoms with van der Waals surface area (Å²) >= 11 is 0. The van der Waals surface area contributed by atoms with Gasteiger partial charge in [-0.15, -0.1) is 13.2 Å². The summed E-state index contributed by atoms with van der Waals surface area (Å²) in [6, 6.07) is 11.2. The van der Waals surface area contributed by atoms with Gasteiger partial charge in [0.15, 0.2) is 11.6 Å². The Morgan fingerprint density at radius 1 is 0.857 bits per heavy atom. The summed E-state index contributed by atoms with van der Waals surface area (Å²) in [6.07, 6.45) is -3.40. The third kappa shape index (κ3) is 5.03. The molecule has 3 aromatic rings. The number of nitrogens with zero attached hydrogens (tertiary/aromatic N) is 2. The van der Waals surface area contributed by atoms with E-state index in [-0.39, 0.29) is 11.4 Å². The zero-order valence-electron chi connectivity index (χ0n) is 15.1. The van der Waals surface area contributed by atoms with Crippen molar-refractivity contribution >= 4 is 28.7 Å². The quantitative estimate of drug-likeness (QED) is 0.565. The summed E-state index contributed by atoms with van der Waals surface area (Å²) in [4.78, 5) is 8.25. The van der Waals surface area contributed by atoms with Crippen LogP contribution in [-0.4, -0.2) is 16.3 Å². The smallest absolute Gasteiger partial charge is 0.406 e. The van der Waals surface area contributed by atoms with Crippen LogP contribution in [0.5, 0.6) is 5.75 Å². The van der Waals surface area contributed by atoms with Gasteiger partial charge in [-0.1, -0.05) is 6.07 Å². The van der Waals surface area contributed by atoms with Crippen molar-refractivity contribution in [3.05, 3.63) is 59.9 Å². The zero-order chi connectivity index (χ0) is 20.3. The number of rotatable bonds is 5. The number of anilines is 5. The third-order valence-corrected chi connectivity index (χ3v) is 3.72. The van der Waals surface area contributed by atoms with Crippen LogP contribution in [0, 0.1) is 13.8 Å². The number of ether oxygens (including phenoxy) is 1. The fourth-order valence-corrected chi connectivity index (χ4v) is 2.66. The standard InChI is InChI=1S/C19H18F3N5O/c1-11-7-12(2)9-14(8-11)27-18-16(23)17(24-10-25-18)26-13-3-5-15(6-4-13)28-19(20,21)22/h3-10H,23H2,1-2H3,(H2,24,25,26,27). The molecular weight excluding hydrogens is 371 g/mol. The van der Waals surface area contributed by atoms with E-state index in [4.69, 9.17) is 5.73 Å².